The highest BCUT2D eigenvalue weighted by molar-refractivity contribution is 6.30. The number of nitrogens with one attached hydrogen (secondary N) is 2. The summed E-state index contributed by atoms with van der Waals surface area (Å²) in [6.45, 7) is 0.359. The first-order valence-electron chi connectivity index (χ1n) is 9.12. The van der Waals surface area contributed by atoms with Crippen molar-refractivity contribution in [2.75, 3.05) is 11.9 Å². The summed E-state index contributed by atoms with van der Waals surface area (Å²) in [6.07, 6.45) is -2.83. The number of carboxylic acid groups (broad SMARTS) is 1. The van der Waals surface area contributed by atoms with E-state index in [1.807, 2.05) is 36.4 Å². The quantitative estimate of drug-likeness (QED) is 0.536. The van der Waals surface area contributed by atoms with Crippen LogP contribution in [0.5, 0.6) is 5.75 Å². The van der Waals surface area contributed by atoms with Crippen LogP contribution in [0.2, 0.25) is 5.02 Å². The normalized spacial score (nSPS) is 14.9. The number of rotatable bonds is 3. The summed E-state index contributed by atoms with van der Waals surface area (Å²) in [5.74, 6) is -2.28. The third-order valence-corrected chi connectivity index (χ3v) is 4.64. The Kier molecular flexibility index (Phi) is 6.98. The van der Waals surface area contributed by atoms with E-state index in [2.05, 4.69) is 20.7 Å². The molecule has 4 rings (SSSR count). The van der Waals surface area contributed by atoms with Gasteiger partial charge in [-0.25, -0.2) is 4.79 Å². The van der Waals surface area contributed by atoms with Crippen LogP contribution in [0.15, 0.2) is 48.7 Å². The van der Waals surface area contributed by atoms with Crippen molar-refractivity contribution in [2.24, 2.45) is 5.92 Å². The minimum Gasteiger partial charge on any atom is -0.492 e. The monoisotopic (exact) mass is 468 g/mol. The third kappa shape index (κ3) is 5.97. The Bertz CT molecular complexity index is 1090. The molecule has 2 aromatic carbocycles. The Hall–Kier alpha value is -3.60. The summed E-state index contributed by atoms with van der Waals surface area (Å²) in [4.78, 5) is 21.4. The second-order valence-corrected chi connectivity index (χ2v) is 7.13. The fourth-order valence-electron chi connectivity index (χ4n) is 2.84. The molecule has 3 N–H and O–H groups in total. The molecule has 168 valence electrons. The van der Waals surface area contributed by atoms with Crippen LogP contribution >= 0.6 is 11.6 Å². The maximum absolute atomic E-state index is 12.5. The molecule has 0 saturated carbocycles. The number of hydrogen-bond acceptors (Lipinski definition) is 5. The van der Waals surface area contributed by atoms with Crippen molar-refractivity contribution in [3.63, 3.8) is 0 Å². The first-order valence-corrected chi connectivity index (χ1v) is 9.49. The van der Waals surface area contributed by atoms with Crippen molar-refractivity contribution in [1.82, 2.24) is 15.4 Å². The predicted octanol–water partition coefficient (Wildman–Crippen LogP) is 3.95. The standard InChI is InChI=1S/C18H15ClN4O2.C2HF3O2/c19-14-3-6-17-12(8-14)7-13(10-25-17)18(24)21-15-4-1-11(2-5-15)16-9-20-23-22-16;3-2(4,5)1(6)7/h1-6,8-9,13H,7,10H2,(H,21,24)(H,20,22,23);(H,6,7). The van der Waals surface area contributed by atoms with Gasteiger partial charge in [0.15, 0.2) is 0 Å². The van der Waals surface area contributed by atoms with Crippen LogP contribution in [0.1, 0.15) is 5.56 Å². The van der Waals surface area contributed by atoms with Crippen LogP contribution in [0.3, 0.4) is 0 Å². The Morgan fingerprint density at radius 2 is 1.88 bits per heavy atom. The largest absolute Gasteiger partial charge is 0.492 e. The molecule has 8 nitrogen and oxygen atoms in total. The van der Waals surface area contributed by atoms with Crippen molar-refractivity contribution in [3.05, 3.63) is 59.2 Å². The number of benzene rings is 2. The molecule has 12 heteroatoms. The summed E-state index contributed by atoms with van der Waals surface area (Å²) in [6, 6.07) is 12.9. The van der Waals surface area contributed by atoms with E-state index in [1.54, 1.807) is 12.3 Å². The van der Waals surface area contributed by atoms with Gasteiger partial charge in [0.1, 0.15) is 18.1 Å². The Labute approximate surface area is 184 Å². The van der Waals surface area contributed by atoms with E-state index in [0.29, 0.717) is 18.1 Å². The molecule has 0 bridgehead atoms. The zero-order valence-corrected chi connectivity index (χ0v) is 16.9. The number of ether oxygens (including phenoxy) is 1. The van der Waals surface area contributed by atoms with E-state index in [0.717, 1.165) is 28.3 Å². The fourth-order valence-corrected chi connectivity index (χ4v) is 3.04. The zero-order valence-electron chi connectivity index (χ0n) is 16.2. The van der Waals surface area contributed by atoms with E-state index in [9.17, 15) is 18.0 Å². The fraction of sp³-hybridized carbons (Fsp3) is 0.200. The van der Waals surface area contributed by atoms with Crippen molar-refractivity contribution >= 4 is 29.2 Å². The Morgan fingerprint density at radius 1 is 1.19 bits per heavy atom. The van der Waals surface area contributed by atoms with Gasteiger partial charge in [0, 0.05) is 16.3 Å². The molecule has 0 fully saturated rings. The number of carboxylic acids is 1. The summed E-state index contributed by atoms with van der Waals surface area (Å²) in [5.41, 5.74) is 3.37. The molecule has 1 amide bonds. The number of amides is 1. The predicted molar refractivity (Wildman–Crippen MR) is 108 cm³/mol. The lowest BCUT2D eigenvalue weighted by Gasteiger charge is -2.24. The Balaban J connectivity index is 0.000000360. The molecule has 1 atom stereocenters. The summed E-state index contributed by atoms with van der Waals surface area (Å²) in [5, 5.41) is 21.1. The second kappa shape index (κ2) is 9.69. The molecule has 1 aliphatic heterocycles. The second-order valence-electron chi connectivity index (χ2n) is 6.69. The van der Waals surface area contributed by atoms with Gasteiger partial charge < -0.3 is 15.2 Å². The number of aliphatic carboxylic acids is 1. The molecule has 1 aliphatic rings. The number of H-pyrrole nitrogens is 1. The minimum absolute atomic E-state index is 0.0696. The summed E-state index contributed by atoms with van der Waals surface area (Å²) >= 11 is 6.02. The van der Waals surface area contributed by atoms with Crippen LogP contribution in [-0.2, 0) is 16.0 Å². The van der Waals surface area contributed by atoms with Crippen LogP contribution in [-0.4, -0.2) is 45.2 Å². The molecule has 1 unspecified atom stereocenters. The molecule has 3 aromatic rings. The van der Waals surface area contributed by atoms with Crippen molar-refractivity contribution in [3.8, 4) is 17.0 Å². The van der Waals surface area contributed by atoms with E-state index in [1.165, 1.54) is 0 Å². The van der Waals surface area contributed by atoms with Crippen LogP contribution < -0.4 is 10.1 Å². The number of alkyl halides is 3. The molecule has 32 heavy (non-hydrogen) atoms. The number of anilines is 1. The van der Waals surface area contributed by atoms with Gasteiger partial charge in [0.05, 0.1) is 12.1 Å². The van der Waals surface area contributed by atoms with E-state index >= 15 is 0 Å². The zero-order chi connectivity index (χ0) is 23.3. The van der Waals surface area contributed by atoms with Gasteiger partial charge in [0.2, 0.25) is 5.91 Å². The molecule has 1 aromatic heterocycles. The molecule has 0 radical (unpaired) electrons. The molecular weight excluding hydrogens is 453 g/mol. The number of nitrogens with zero attached hydrogens (tertiary/aromatic N) is 2. The molecule has 0 aliphatic carbocycles. The molecule has 0 saturated heterocycles. The van der Waals surface area contributed by atoms with Gasteiger partial charge in [-0.1, -0.05) is 23.7 Å². The summed E-state index contributed by atoms with van der Waals surface area (Å²) in [7, 11) is 0. The van der Waals surface area contributed by atoms with Crippen LogP contribution in [0, 0.1) is 5.92 Å². The third-order valence-electron chi connectivity index (χ3n) is 4.41. The van der Waals surface area contributed by atoms with Gasteiger partial charge in [-0.15, -0.1) is 0 Å². The van der Waals surface area contributed by atoms with Gasteiger partial charge in [-0.05, 0) is 42.3 Å². The first kappa shape index (κ1) is 23.1. The van der Waals surface area contributed by atoms with E-state index < -0.39 is 12.1 Å². The number of fused-ring (bicyclic) bond motifs is 1. The van der Waals surface area contributed by atoms with Crippen molar-refractivity contribution in [2.45, 2.75) is 12.6 Å². The molecule has 0 spiro atoms. The lowest BCUT2D eigenvalue weighted by atomic mass is 9.96. The first-order chi connectivity index (χ1) is 15.1. The molecular formula is C20H16ClF3N4O4. The maximum atomic E-state index is 12.5. The number of halogens is 4. The summed E-state index contributed by atoms with van der Waals surface area (Å²) < 4.78 is 37.4. The van der Waals surface area contributed by atoms with E-state index in [-0.39, 0.29) is 11.8 Å². The van der Waals surface area contributed by atoms with Crippen LogP contribution in [0.4, 0.5) is 18.9 Å². The average Bonchev–Trinajstić information content (AvgIpc) is 3.28. The highest BCUT2D eigenvalue weighted by Crippen LogP contribution is 2.30. The minimum atomic E-state index is -5.08. The number of aromatic amines is 1. The van der Waals surface area contributed by atoms with Gasteiger partial charge >= 0.3 is 12.1 Å². The van der Waals surface area contributed by atoms with Crippen LogP contribution in [0.25, 0.3) is 11.3 Å². The SMILES string of the molecule is O=C(Nc1ccc(-c2cn[nH]n2)cc1)C1COc2ccc(Cl)cc2C1.O=C(O)C(F)(F)F. The Morgan fingerprint density at radius 3 is 2.47 bits per heavy atom. The number of carbonyl (C=O) groups is 2. The van der Waals surface area contributed by atoms with Crippen molar-refractivity contribution in [1.29, 1.82) is 0 Å². The lowest BCUT2D eigenvalue weighted by molar-refractivity contribution is -0.192. The van der Waals surface area contributed by atoms with Crippen molar-refractivity contribution < 1.29 is 32.6 Å². The average molecular weight is 469 g/mol. The topological polar surface area (TPSA) is 117 Å². The van der Waals surface area contributed by atoms with E-state index in [4.69, 9.17) is 26.2 Å². The lowest BCUT2D eigenvalue weighted by Crippen LogP contribution is -2.32. The van der Waals surface area contributed by atoms with Gasteiger partial charge in [-0.3, -0.25) is 4.79 Å². The number of hydrogen-bond donors (Lipinski definition) is 3. The highest BCUT2D eigenvalue weighted by atomic mass is 35.5. The number of aromatic nitrogens is 3. The smallest absolute Gasteiger partial charge is 0.490 e. The maximum Gasteiger partial charge on any atom is 0.490 e. The number of carbonyl (C=O) groups excluding carboxylic acids is 1. The van der Waals surface area contributed by atoms with Gasteiger partial charge in [-0.2, -0.15) is 28.6 Å². The van der Waals surface area contributed by atoms with Gasteiger partial charge in [0.25, 0.3) is 0 Å². The highest BCUT2D eigenvalue weighted by Gasteiger charge is 2.38. The molecule has 2 heterocycles.